The zero-order valence-electron chi connectivity index (χ0n) is 12.9. The second kappa shape index (κ2) is 6.02. The van der Waals surface area contributed by atoms with Crippen molar-refractivity contribution in [3.63, 3.8) is 0 Å². The van der Waals surface area contributed by atoms with Crippen molar-refractivity contribution in [1.82, 2.24) is 0 Å². The van der Waals surface area contributed by atoms with E-state index in [9.17, 15) is 9.18 Å². The smallest absolute Gasteiger partial charge is 0.233 e. The minimum absolute atomic E-state index is 0.0101. The van der Waals surface area contributed by atoms with Crippen LogP contribution in [0.1, 0.15) is 37.7 Å². The molecule has 2 fully saturated rings. The van der Waals surface area contributed by atoms with Crippen LogP contribution in [-0.4, -0.2) is 18.5 Å². The van der Waals surface area contributed by atoms with E-state index in [0.29, 0.717) is 17.8 Å². The molecule has 23 heavy (non-hydrogen) atoms. The fourth-order valence-corrected chi connectivity index (χ4v) is 3.96. The summed E-state index contributed by atoms with van der Waals surface area (Å²) in [5.74, 6) is -0.306. The summed E-state index contributed by atoms with van der Waals surface area (Å²) >= 11 is 6.15. The van der Waals surface area contributed by atoms with Crippen molar-refractivity contribution in [2.24, 2.45) is 10.5 Å². The van der Waals surface area contributed by atoms with Gasteiger partial charge in [-0.25, -0.2) is 4.39 Å². The first-order valence-corrected chi connectivity index (χ1v) is 8.16. The largest absolute Gasteiger partial charge is 0.310 e. The zero-order chi connectivity index (χ0) is 16.6. The molecule has 7 heteroatoms. The van der Waals surface area contributed by atoms with Crippen molar-refractivity contribution in [3.05, 3.63) is 39.0 Å². The Morgan fingerprint density at radius 3 is 2.74 bits per heavy atom. The Balaban J connectivity index is 1.83. The van der Waals surface area contributed by atoms with Gasteiger partial charge in [-0.3, -0.25) is 4.79 Å². The van der Waals surface area contributed by atoms with Gasteiger partial charge < -0.3 is 4.90 Å². The van der Waals surface area contributed by atoms with Gasteiger partial charge in [-0.2, -0.15) is 0 Å². The van der Waals surface area contributed by atoms with Crippen LogP contribution in [-0.2, 0) is 4.79 Å². The second-order valence-electron chi connectivity index (χ2n) is 6.48. The molecule has 1 aromatic carbocycles. The molecule has 1 heterocycles. The Morgan fingerprint density at radius 2 is 2.09 bits per heavy atom. The summed E-state index contributed by atoms with van der Waals surface area (Å²) in [7, 11) is 0. The number of nitrogens with zero attached hydrogens (tertiary/aromatic N) is 4. The van der Waals surface area contributed by atoms with E-state index in [0.717, 1.165) is 32.1 Å². The Kier molecular flexibility index (Phi) is 4.21. The SMILES string of the molecule is Cc1cc(N2CCC3(CCC(N=[N+]=[N-])CC3)C2=O)c(Cl)cc1F. The van der Waals surface area contributed by atoms with Gasteiger partial charge in [0.25, 0.3) is 0 Å². The van der Waals surface area contributed by atoms with Crippen LogP contribution >= 0.6 is 11.6 Å². The lowest BCUT2D eigenvalue weighted by molar-refractivity contribution is -0.127. The molecule has 1 amide bonds. The normalized spacial score (nSPS) is 27.3. The van der Waals surface area contributed by atoms with Crippen molar-refractivity contribution in [1.29, 1.82) is 0 Å². The van der Waals surface area contributed by atoms with Crippen molar-refractivity contribution in [3.8, 4) is 0 Å². The Morgan fingerprint density at radius 1 is 1.39 bits per heavy atom. The van der Waals surface area contributed by atoms with Crippen LogP contribution in [0.3, 0.4) is 0 Å². The highest BCUT2D eigenvalue weighted by molar-refractivity contribution is 6.34. The van der Waals surface area contributed by atoms with E-state index in [1.54, 1.807) is 17.9 Å². The number of aryl methyl sites for hydroxylation is 1. The molecule has 1 spiro atoms. The molecule has 0 radical (unpaired) electrons. The number of carbonyl (C=O) groups excluding carboxylic acids is 1. The Labute approximate surface area is 139 Å². The summed E-state index contributed by atoms with van der Waals surface area (Å²) in [4.78, 5) is 17.5. The van der Waals surface area contributed by atoms with Crippen LogP contribution < -0.4 is 4.90 Å². The highest BCUT2D eigenvalue weighted by Crippen LogP contribution is 2.47. The van der Waals surface area contributed by atoms with Crippen molar-refractivity contribution in [2.75, 3.05) is 11.4 Å². The lowest BCUT2D eigenvalue weighted by Gasteiger charge is -2.34. The molecular weight excluding hydrogens is 319 g/mol. The molecule has 1 aromatic rings. The standard InChI is InChI=1S/C16H18ClFN4O/c1-10-8-14(12(17)9-13(10)18)22-7-6-16(15(22)23)4-2-11(3-5-16)20-21-19/h8-9,11H,2-7H2,1H3. The zero-order valence-corrected chi connectivity index (χ0v) is 13.7. The number of benzene rings is 1. The molecule has 1 saturated heterocycles. The number of anilines is 1. The van der Waals surface area contributed by atoms with Crippen molar-refractivity contribution >= 4 is 23.2 Å². The minimum Gasteiger partial charge on any atom is -0.310 e. The van der Waals surface area contributed by atoms with E-state index in [4.69, 9.17) is 17.1 Å². The molecular formula is C16H18ClFN4O. The molecule has 0 bridgehead atoms. The minimum atomic E-state index is -0.382. The highest BCUT2D eigenvalue weighted by Gasteiger charge is 2.48. The molecule has 0 N–H and O–H groups in total. The maximum Gasteiger partial charge on any atom is 0.233 e. The first-order chi connectivity index (χ1) is 11.0. The van der Waals surface area contributed by atoms with E-state index in [1.807, 2.05) is 0 Å². The average molecular weight is 337 g/mol. The van der Waals surface area contributed by atoms with Crippen LogP contribution in [0, 0.1) is 18.2 Å². The molecule has 1 aliphatic heterocycles. The second-order valence-corrected chi connectivity index (χ2v) is 6.88. The molecule has 1 saturated carbocycles. The molecule has 5 nitrogen and oxygen atoms in total. The van der Waals surface area contributed by atoms with Crippen LogP contribution in [0.2, 0.25) is 5.02 Å². The molecule has 0 unspecified atom stereocenters. The third-order valence-corrected chi connectivity index (χ3v) is 5.46. The monoisotopic (exact) mass is 336 g/mol. The average Bonchev–Trinajstić information content (AvgIpc) is 2.83. The first-order valence-electron chi connectivity index (χ1n) is 7.79. The number of halogens is 2. The summed E-state index contributed by atoms with van der Waals surface area (Å²) in [6.45, 7) is 2.26. The number of hydrogen-bond donors (Lipinski definition) is 0. The molecule has 122 valence electrons. The van der Waals surface area contributed by atoms with Crippen LogP contribution in [0.25, 0.3) is 10.4 Å². The van der Waals surface area contributed by atoms with E-state index in [2.05, 4.69) is 10.0 Å². The van der Waals surface area contributed by atoms with Crippen LogP contribution in [0.15, 0.2) is 17.2 Å². The topological polar surface area (TPSA) is 69.1 Å². The predicted octanol–water partition coefficient (Wildman–Crippen LogP) is 4.76. The number of hydrogen-bond acceptors (Lipinski definition) is 2. The summed E-state index contributed by atoms with van der Waals surface area (Å²) in [5.41, 5.74) is 9.22. The van der Waals surface area contributed by atoms with Gasteiger partial charge in [0.05, 0.1) is 16.1 Å². The number of rotatable bonds is 2. The molecule has 0 atom stereocenters. The van der Waals surface area contributed by atoms with Gasteiger partial charge in [0.1, 0.15) is 5.82 Å². The molecule has 1 aliphatic carbocycles. The van der Waals surface area contributed by atoms with Gasteiger partial charge in [-0.05, 0) is 62.3 Å². The van der Waals surface area contributed by atoms with Crippen molar-refractivity contribution in [2.45, 2.75) is 45.1 Å². The molecule has 3 rings (SSSR count). The third kappa shape index (κ3) is 2.77. The summed E-state index contributed by atoms with van der Waals surface area (Å²) in [6.07, 6.45) is 3.69. The summed E-state index contributed by atoms with van der Waals surface area (Å²) in [6, 6.07) is 2.90. The molecule has 0 aromatic heterocycles. The third-order valence-electron chi connectivity index (χ3n) is 5.16. The Hall–Kier alpha value is -1.78. The number of amides is 1. The van der Waals surface area contributed by atoms with Crippen LogP contribution in [0.5, 0.6) is 0 Å². The van der Waals surface area contributed by atoms with Gasteiger partial charge >= 0.3 is 0 Å². The first kappa shape index (κ1) is 16.1. The van der Waals surface area contributed by atoms with E-state index >= 15 is 0 Å². The van der Waals surface area contributed by atoms with Crippen LogP contribution in [0.4, 0.5) is 10.1 Å². The van der Waals surface area contributed by atoms with E-state index in [-0.39, 0.29) is 28.2 Å². The van der Waals surface area contributed by atoms with Crippen molar-refractivity contribution < 1.29 is 9.18 Å². The summed E-state index contributed by atoms with van der Waals surface area (Å²) in [5, 5.41) is 4.03. The number of carbonyl (C=O) groups is 1. The fourth-order valence-electron chi connectivity index (χ4n) is 3.71. The lowest BCUT2D eigenvalue weighted by atomic mass is 9.71. The maximum absolute atomic E-state index is 13.6. The van der Waals surface area contributed by atoms with Gasteiger partial charge in [-0.15, -0.1) is 0 Å². The van der Waals surface area contributed by atoms with E-state index in [1.165, 1.54) is 6.07 Å². The number of azide groups is 1. The van der Waals surface area contributed by atoms with Gasteiger partial charge in [0, 0.05) is 17.5 Å². The summed E-state index contributed by atoms with van der Waals surface area (Å²) < 4.78 is 13.6. The van der Waals surface area contributed by atoms with E-state index < -0.39 is 0 Å². The fraction of sp³-hybridized carbons (Fsp3) is 0.562. The van der Waals surface area contributed by atoms with Gasteiger partial charge in [0.2, 0.25) is 5.91 Å². The molecule has 2 aliphatic rings. The maximum atomic E-state index is 13.6. The quantitative estimate of drug-likeness (QED) is 0.436. The van der Waals surface area contributed by atoms with Gasteiger partial charge in [0.15, 0.2) is 0 Å². The Bertz CT molecular complexity index is 694. The predicted molar refractivity (Wildman–Crippen MR) is 87.0 cm³/mol. The highest BCUT2D eigenvalue weighted by atomic mass is 35.5. The van der Waals surface area contributed by atoms with Gasteiger partial charge in [-0.1, -0.05) is 16.7 Å². The lowest BCUT2D eigenvalue weighted by Crippen LogP contribution is -2.38.